The van der Waals surface area contributed by atoms with Crippen molar-refractivity contribution in [1.29, 1.82) is 0 Å². The molecule has 0 aromatic heterocycles. The summed E-state index contributed by atoms with van der Waals surface area (Å²) >= 11 is 0. The molecule has 0 fully saturated rings. The molecule has 0 aliphatic rings. The largest absolute Gasteiger partial charge is 0.391 e. The molecule has 0 aromatic rings. The van der Waals surface area contributed by atoms with E-state index >= 15 is 0 Å². The summed E-state index contributed by atoms with van der Waals surface area (Å²) in [4.78, 5) is 0. The Labute approximate surface area is 72.2 Å². The van der Waals surface area contributed by atoms with Gasteiger partial charge in [0.25, 0.3) is 0 Å². The predicted molar refractivity (Wildman–Crippen MR) is 43.7 cm³/mol. The highest BCUT2D eigenvalue weighted by molar-refractivity contribution is 4.67. The van der Waals surface area contributed by atoms with Crippen LogP contribution < -0.4 is 0 Å². The fourth-order valence-corrected chi connectivity index (χ4v) is 1.21. The van der Waals surface area contributed by atoms with Crippen molar-refractivity contribution in [3.63, 3.8) is 0 Å². The lowest BCUT2D eigenvalue weighted by atomic mass is 9.97. The fourth-order valence-electron chi connectivity index (χ4n) is 1.21. The molecule has 0 heterocycles. The third kappa shape index (κ3) is 4.62. The zero-order valence-corrected chi connectivity index (χ0v) is 7.45. The number of rotatable bonds is 5. The van der Waals surface area contributed by atoms with Gasteiger partial charge in [-0.15, -0.1) is 0 Å². The molecule has 0 saturated carbocycles. The van der Waals surface area contributed by atoms with E-state index in [-0.39, 0.29) is 12.8 Å². The summed E-state index contributed by atoms with van der Waals surface area (Å²) < 4.78 is 36.6. The minimum atomic E-state index is -4.01. The van der Waals surface area contributed by atoms with E-state index in [0.29, 0.717) is 19.3 Å². The highest BCUT2D eigenvalue weighted by atomic mass is 19.4. The van der Waals surface area contributed by atoms with Crippen LogP contribution in [-0.4, -0.2) is 6.18 Å². The Morgan fingerprint density at radius 3 is 2.17 bits per heavy atom. The Kier molecular flexibility index (Phi) is 5.34. The molecule has 0 nitrogen and oxygen atoms in total. The van der Waals surface area contributed by atoms with Gasteiger partial charge < -0.3 is 0 Å². The van der Waals surface area contributed by atoms with Gasteiger partial charge in [-0.1, -0.05) is 33.1 Å². The second-order valence-electron chi connectivity index (χ2n) is 3.02. The van der Waals surface area contributed by atoms with E-state index in [1.54, 1.807) is 6.92 Å². The van der Waals surface area contributed by atoms with E-state index in [1.807, 2.05) is 0 Å². The lowest BCUT2D eigenvalue weighted by molar-refractivity contribution is -0.178. The molecule has 0 saturated heterocycles. The highest BCUT2D eigenvalue weighted by Gasteiger charge is 2.37. The van der Waals surface area contributed by atoms with Crippen molar-refractivity contribution < 1.29 is 13.2 Å². The van der Waals surface area contributed by atoms with E-state index < -0.39 is 12.1 Å². The van der Waals surface area contributed by atoms with Gasteiger partial charge in [-0.25, -0.2) is 0 Å². The van der Waals surface area contributed by atoms with Crippen LogP contribution in [0.5, 0.6) is 0 Å². The van der Waals surface area contributed by atoms with Gasteiger partial charge >= 0.3 is 6.18 Å². The molecule has 12 heavy (non-hydrogen) atoms. The topological polar surface area (TPSA) is 0 Å². The van der Waals surface area contributed by atoms with Crippen molar-refractivity contribution in [2.24, 2.45) is 5.92 Å². The first kappa shape index (κ1) is 11.8. The molecule has 0 aliphatic carbocycles. The molecule has 0 aliphatic heterocycles. The van der Waals surface area contributed by atoms with E-state index in [2.05, 4.69) is 6.92 Å². The molecule has 0 aromatic carbocycles. The molecule has 0 rings (SSSR count). The van der Waals surface area contributed by atoms with Crippen LogP contribution in [0.25, 0.3) is 0 Å². The number of unbranched alkanes of at least 4 members (excludes halogenated alkanes) is 1. The summed E-state index contributed by atoms with van der Waals surface area (Å²) in [5, 5.41) is 0. The highest BCUT2D eigenvalue weighted by Crippen LogP contribution is 2.33. The Bertz CT molecular complexity index is 107. The molecule has 1 radical (unpaired) electrons. The monoisotopic (exact) mass is 181 g/mol. The maximum absolute atomic E-state index is 12.2. The van der Waals surface area contributed by atoms with Crippen molar-refractivity contribution in [3.8, 4) is 0 Å². The molecule has 0 bridgehead atoms. The quantitative estimate of drug-likeness (QED) is 0.602. The van der Waals surface area contributed by atoms with Crippen LogP contribution in [0.2, 0.25) is 0 Å². The first-order valence-corrected chi connectivity index (χ1v) is 4.38. The second-order valence-corrected chi connectivity index (χ2v) is 3.02. The van der Waals surface area contributed by atoms with Crippen LogP contribution >= 0.6 is 0 Å². The number of alkyl halides is 3. The fraction of sp³-hybridized carbons (Fsp3) is 0.889. The minimum absolute atomic E-state index is 0.237. The normalized spacial score (nSPS) is 14.8. The maximum atomic E-state index is 12.2. The van der Waals surface area contributed by atoms with Gasteiger partial charge in [-0.05, 0) is 12.8 Å². The van der Waals surface area contributed by atoms with Crippen molar-refractivity contribution in [3.05, 3.63) is 6.92 Å². The zero-order chi connectivity index (χ0) is 9.61. The van der Waals surface area contributed by atoms with E-state index in [1.165, 1.54) is 0 Å². The van der Waals surface area contributed by atoms with Crippen molar-refractivity contribution >= 4 is 0 Å². The van der Waals surface area contributed by atoms with Gasteiger partial charge in [-0.2, -0.15) is 13.2 Å². The maximum Gasteiger partial charge on any atom is 0.391 e. The van der Waals surface area contributed by atoms with Crippen LogP contribution in [0.3, 0.4) is 0 Å². The van der Waals surface area contributed by atoms with Crippen LogP contribution in [0.15, 0.2) is 0 Å². The lowest BCUT2D eigenvalue weighted by Gasteiger charge is -2.18. The van der Waals surface area contributed by atoms with Crippen LogP contribution in [0.4, 0.5) is 13.2 Å². The van der Waals surface area contributed by atoms with Gasteiger partial charge in [0.15, 0.2) is 0 Å². The summed E-state index contributed by atoms with van der Waals surface area (Å²) in [7, 11) is 0. The third-order valence-corrected chi connectivity index (χ3v) is 1.90. The van der Waals surface area contributed by atoms with Gasteiger partial charge in [0.05, 0.1) is 5.92 Å². The summed E-state index contributed by atoms with van der Waals surface area (Å²) in [5.41, 5.74) is 0. The first-order valence-electron chi connectivity index (χ1n) is 4.38. The molecule has 0 spiro atoms. The molecule has 73 valence electrons. The summed E-state index contributed by atoms with van der Waals surface area (Å²) in [5.74, 6) is -1.11. The van der Waals surface area contributed by atoms with Gasteiger partial charge in [-0.3, -0.25) is 0 Å². The Hall–Kier alpha value is -0.210. The minimum Gasteiger partial charge on any atom is -0.171 e. The summed E-state index contributed by atoms with van der Waals surface area (Å²) in [6.07, 6.45) is -1.75. The molecular formula is C9H16F3. The predicted octanol–water partition coefficient (Wildman–Crippen LogP) is 3.97. The number of hydrogen-bond acceptors (Lipinski definition) is 0. The SMILES string of the molecule is [CH2]CCCC(CCC)C(F)(F)F. The zero-order valence-electron chi connectivity index (χ0n) is 7.45. The van der Waals surface area contributed by atoms with Crippen LogP contribution in [0, 0.1) is 12.8 Å². The number of halogens is 3. The number of hydrogen-bond donors (Lipinski definition) is 0. The standard InChI is InChI=1S/C9H16F3/c1-3-5-7-8(6-4-2)9(10,11)12/h8H,1,3-7H2,2H3. The molecule has 0 amide bonds. The second kappa shape index (κ2) is 5.44. The summed E-state index contributed by atoms with van der Waals surface area (Å²) in [6.45, 7) is 5.31. The average molecular weight is 181 g/mol. The Morgan fingerprint density at radius 1 is 1.25 bits per heavy atom. The van der Waals surface area contributed by atoms with E-state index in [9.17, 15) is 13.2 Å². The molecule has 1 unspecified atom stereocenters. The van der Waals surface area contributed by atoms with E-state index in [4.69, 9.17) is 0 Å². The Morgan fingerprint density at radius 2 is 1.83 bits per heavy atom. The third-order valence-electron chi connectivity index (χ3n) is 1.90. The first-order chi connectivity index (χ1) is 5.52. The van der Waals surface area contributed by atoms with Gasteiger partial charge in [0.2, 0.25) is 0 Å². The lowest BCUT2D eigenvalue weighted by Crippen LogP contribution is -2.22. The molecule has 3 heteroatoms. The van der Waals surface area contributed by atoms with E-state index in [0.717, 1.165) is 0 Å². The van der Waals surface area contributed by atoms with Crippen LogP contribution in [-0.2, 0) is 0 Å². The Balaban J connectivity index is 3.86. The smallest absolute Gasteiger partial charge is 0.171 e. The van der Waals surface area contributed by atoms with Crippen molar-refractivity contribution in [2.45, 2.75) is 45.2 Å². The molecular weight excluding hydrogens is 165 g/mol. The molecule has 1 atom stereocenters. The van der Waals surface area contributed by atoms with Crippen LogP contribution in [0.1, 0.15) is 39.0 Å². The average Bonchev–Trinajstić information content (AvgIpc) is 1.95. The summed E-state index contributed by atoms with van der Waals surface area (Å²) in [6, 6.07) is 0. The van der Waals surface area contributed by atoms with Gasteiger partial charge in [0.1, 0.15) is 0 Å². The molecule has 0 N–H and O–H groups in total. The van der Waals surface area contributed by atoms with Gasteiger partial charge in [0, 0.05) is 0 Å². The van der Waals surface area contributed by atoms with Crippen molar-refractivity contribution in [1.82, 2.24) is 0 Å². The van der Waals surface area contributed by atoms with Crippen molar-refractivity contribution in [2.75, 3.05) is 0 Å².